The maximum Gasteiger partial charge on any atom is 0.319 e. The smallest absolute Gasteiger partial charge is 0.319 e. The van der Waals surface area contributed by atoms with E-state index in [4.69, 9.17) is 0 Å². The first-order valence-corrected chi connectivity index (χ1v) is 9.52. The quantitative estimate of drug-likeness (QED) is 0.604. The van der Waals surface area contributed by atoms with Crippen LogP contribution in [0.25, 0.3) is 0 Å². The molecule has 140 valence electrons. The van der Waals surface area contributed by atoms with E-state index in [0.717, 1.165) is 17.7 Å². The molecule has 0 saturated carbocycles. The number of hydrogen-bond acceptors (Lipinski definition) is 3. The number of halogens is 1. The first-order chi connectivity index (χ1) is 12.4. The molecule has 0 bridgehead atoms. The number of anilines is 1. The number of aryl methyl sites for hydroxylation is 1. The summed E-state index contributed by atoms with van der Waals surface area (Å²) >= 11 is 1.81. The number of aliphatic hydroxyl groups is 1. The standard InChI is InChI=1S/C20H25FN2O2S/c1-4-14(3)26-17-9-10-18(13(2)11-17)23-20(25)22-12-19(24)15-5-7-16(21)8-6-15/h5-11,14,19,24H,4,12H2,1-3H3,(H2,22,23,25). The van der Waals surface area contributed by atoms with Crippen molar-refractivity contribution in [2.75, 3.05) is 11.9 Å². The molecule has 0 aromatic heterocycles. The summed E-state index contributed by atoms with van der Waals surface area (Å²) in [5, 5.41) is 16.0. The Morgan fingerprint density at radius 1 is 1.23 bits per heavy atom. The normalized spacial score (nSPS) is 13.1. The molecule has 0 heterocycles. The molecule has 0 aliphatic heterocycles. The summed E-state index contributed by atoms with van der Waals surface area (Å²) in [5.41, 5.74) is 2.26. The minimum Gasteiger partial charge on any atom is -0.387 e. The molecule has 3 N–H and O–H groups in total. The molecule has 6 heteroatoms. The van der Waals surface area contributed by atoms with Crippen LogP contribution in [0, 0.1) is 12.7 Å². The molecule has 0 radical (unpaired) electrons. The van der Waals surface area contributed by atoms with Crippen LogP contribution in [0.3, 0.4) is 0 Å². The lowest BCUT2D eigenvalue weighted by Gasteiger charge is -2.15. The Bertz CT molecular complexity index is 737. The highest BCUT2D eigenvalue weighted by atomic mass is 32.2. The van der Waals surface area contributed by atoms with E-state index < -0.39 is 12.1 Å². The van der Waals surface area contributed by atoms with Gasteiger partial charge < -0.3 is 15.7 Å². The molecule has 0 aliphatic rings. The van der Waals surface area contributed by atoms with Crippen molar-refractivity contribution in [2.24, 2.45) is 0 Å². The number of carbonyl (C=O) groups is 1. The molecule has 0 aliphatic carbocycles. The summed E-state index contributed by atoms with van der Waals surface area (Å²) in [6, 6.07) is 11.1. The van der Waals surface area contributed by atoms with Crippen LogP contribution in [0.15, 0.2) is 47.4 Å². The van der Waals surface area contributed by atoms with Crippen molar-refractivity contribution in [1.82, 2.24) is 5.32 Å². The lowest BCUT2D eigenvalue weighted by atomic mass is 10.1. The molecule has 0 spiro atoms. The molecular formula is C20H25FN2O2S. The van der Waals surface area contributed by atoms with Crippen molar-refractivity contribution in [3.63, 3.8) is 0 Å². The minimum atomic E-state index is -0.892. The Morgan fingerprint density at radius 2 is 1.92 bits per heavy atom. The van der Waals surface area contributed by atoms with E-state index in [0.29, 0.717) is 10.8 Å². The monoisotopic (exact) mass is 376 g/mol. The molecule has 4 nitrogen and oxygen atoms in total. The summed E-state index contributed by atoms with van der Waals surface area (Å²) in [7, 11) is 0. The molecule has 2 aromatic rings. The predicted octanol–water partition coefficient (Wildman–Crippen LogP) is 4.88. The fraction of sp³-hybridized carbons (Fsp3) is 0.350. The van der Waals surface area contributed by atoms with Crippen LogP contribution >= 0.6 is 11.8 Å². The molecule has 2 aromatic carbocycles. The predicted molar refractivity (Wildman–Crippen MR) is 105 cm³/mol. The highest BCUT2D eigenvalue weighted by molar-refractivity contribution is 7.99. The second-order valence-electron chi connectivity index (χ2n) is 6.22. The van der Waals surface area contributed by atoms with E-state index in [1.807, 2.05) is 30.8 Å². The van der Waals surface area contributed by atoms with Crippen molar-refractivity contribution in [3.8, 4) is 0 Å². The van der Waals surface area contributed by atoms with Gasteiger partial charge in [-0.3, -0.25) is 0 Å². The lowest BCUT2D eigenvalue weighted by molar-refractivity contribution is 0.175. The van der Waals surface area contributed by atoms with Crippen LogP contribution in [0.2, 0.25) is 0 Å². The minimum absolute atomic E-state index is 0.0401. The highest BCUT2D eigenvalue weighted by Gasteiger charge is 2.11. The van der Waals surface area contributed by atoms with Crippen molar-refractivity contribution in [1.29, 1.82) is 0 Å². The number of nitrogens with one attached hydrogen (secondary N) is 2. The summed E-state index contributed by atoms with van der Waals surface area (Å²) < 4.78 is 12.9. The van der Waals surface area contributed by atoms with Gasteiger partial charge in [0.15, 0.2) is 0 Å². The van der Waals surface area contributed by atoms with Crippen molar-refractivity contribution in [2.45, 2.75) is 43.4 Å². The van der Waals surface area contributed by atoms with Gasteiger partial charge in [0.2, 0.25) is 0 Å². The number of benzene rings is 2. The second-order valence-corrected chi connectivity index (χ2v) is 7.73. The van der Waals surface area contributed by atoms with Gasteiger partial charge in [-0.2, -0.15) is 0 Å². The van der Waals surface area contributed by atoms with Crippen molar-refractivity contribution >= 4 is 23.5 Å². The van der Waals surface area contributed by atoms with Gasteiger partial charge >= 0.3 is 6.03 Å². The topological polar surface area (TPSA) is 61.4 Å². The van der Waals surface area contributed by atoms with Crippen LogP contribution in [0.4, 0.5) is 14.9 Å². The first kappa shape index (κ1) is 20.3. The number of hydrogen-bond donors (Lipinski definition) is 3. The van der Waals surface area contributed by atoms with Gasteiger partial charge in [0.1, 0.15) is 5.82 Å². The van der Waals surface area contributed by atoms with E-state index in [1.165, 1.54) is 29.2 Å². The third-order valence-electron chi connectivity index (χ3n) is 4.07. The molecule has 2 unspecified atom stereocenters. The SMILES string of the molecule is CCC(C)Sc1ccc(NC(=O)NCC(O)c2ccc(F)cc2)c(C)c1. The number of aliphatic hydroxyl groups excluding tert-OH is 1. The third kappa shape index (κ3) is 6.04. The summed E-state index contributed by atoms with van der Waals surface area (Å²) in [6.45, 7) is 6.33. The maximum absolute atomic E-state index is 12.9. The molecule has 0 saturated heterocycles. The van der Waals surface area contributed by atoms with E-state index >= 15 is 0 Å². The van der Waals surface area contributed by atoms with Crippen LogP contribution in [-0.2, 0) is 0 Å². The summed E-state index contributed by atoms with van der Waals surface area (Å²) in [4.78, 5) is 13.2. The average molecular weight is 376 g/mol. The summed E-state index contributed by atoms with van der Waals surface area (Å²) in [6.07, 6.45) is 0.208. The van der Waals surface area contributed by atoms with Crippen LogP contribution < -0.4 is 10.6 Å². The van der Waals surface area contributed by atoms with Crippen LogP contribution in [0.5, 0.6) is 0 Å². The molecule has 26 heavy (non-hydrogen) atoms. The highest BCUT2D eigenvalue weighted by Crippen LogP contribution is 2.28. The first-order valence-electron chi connectivity index (χ1n) is 8.64. The maximum atomic E-state index is 12.9. The summed E-state index contributed by atoms with van der Waals surface area (Å²) in [5.74, 6) is -0.364. The number of amides is 2. The molecule has 2 atom stereocenters. The van der Waals surface area contributed by atoms with E-state index in [-0.39, 0.29) is 12.4 Å². The Balaban J connectivity index is 1.88. The number of rotatable bonds is 7. The Kier molecular flexibility index (Phi) is 7.48. The van der Waals surface area contributed by atoms with Gasteiger partial charge in [-0.1, -0.05) is 26.0 Å². The largest absolute Gasteiger partial charge is 0.387 e. The fourth-order valence-electron chi connectivity index (χ4n) is 2.32. The van der Waals surface area contributed by atoms with Gasteiger partial charge in [-0.15, -0.1) is 11.8 Å². The van der Waals surface area contributed by atoms with Crippen LogP contribution in [-0.4, -0.2) is 22.9 Å². The number of carbonyl (C=O) groups excluding carboxylic acids is 1. The zero-order valence-corrected chi connectivity index (χ0v) is 16.1. The lowest BCUT2D eigenvalue weighted by Crippen LogP contribution is -2.32. The molecule has 2 amide bonds. The average Bonchev–Trinajstić information content (AvgIpc) is 2.62. The van der Waals surface area contributed by atoms with E-state index in [2.05, 4.69) is 30.5 Å². The fourth-order valence-corrected chi connectivity index (χ4v) is 3.35. The van der Waals surface area contributed by atoms with Crippen molar-refractivity contribution < 1.29 is 14.3 Å². The zero-order valence-electron chi connectivity index (χ0n) is 15.3. The third-order valence-corrected chi connectivity index (χ3v) is 5.33. The van der Waals surface area contributed by atoms with Gasteiger partial charge in [-0.05, 0) is 54.8 Å². The number of urea groups is 1. The Morgan fingerprint density at radius 3 is 2.54 bits per heavy atom. The number of thioether (sulfide) groups is 1. The molecule has 2 rings (SSSR count). The van der Waals surface area contributed by atoms with E-state index in [9.17, 15) is 14.3 Å². The molecular weight excluding hydrogens is 351 g/mol. The van der Waals surface area contributed by atoms with Gasteiger partial charge in [0.05, 0.1) is 6.10 Å². The van der Waals surface area contributed by atoms with Crippen LogP contribution in [0.1, 0.15) is 37.5 Å². The Hall–Kier alpha value is -2.05. The van der Waals surface area contributed by atoms with Gasteiger partial charge in [0.25, 0.3) is 0 Å². The zero-order chi connectivity index (χ0) is 19.1. The molecule has 0 fully saturated rings. The van der Waals surface area contributed by atoms with Crippen molar-refractivity contribution in [3.05, 3.63) is 59.4 Å². The second kappa shape index (κ2) is 9.59. The van der Waals surface area contributed by atoms with Gasteiger partial charge in [-0.25, -0.2) is 9.18 Å². The van der Waals surface area contributed by atoms with Gasteiger partial charge in [0, 0.05) is 22.4 Å². The van der Waals surface area contributed by atoms with E-state index in [1.54, 1.807) is 0 Å². The Labute approximate surface area is 158 Å².